The molecule has 4 atom stereocenters. The van der Waals surface area contributed by atoms with Gasteiger partial charge in [-0.2, -0.15) is 0 Å². The van der Waals surface area contributed by atoms with Crippen LogP contribution in [0.1, 0.15) is 43.7 Å². The van der Waals surface area contributed by atoms with Crippen molar-refractivity contribution in [2.45, 2.75) is 57.7 Å². The molecule has 33 heavy (non-hydrogen) atoms. The maximum Gasteiger partial charge on any atom is 0.266 e. The first-order valence-corrected chi connectivity index (χ1v) is 12.9. The van der Waals surface area contributed by atoms with Gasteiger partial charge in [-0.3, -0.25) is 14.2 Å². The van der Waals surface area contributed by atoms with Gasteiger partial charge in [0.15, 0.2) is 5.16 Å². The maximum absolute atomic E-state index is 13.5. The molecular formula is C27H31N3O2S. The Morgan fingerprint density at radius 2 is 1.91 bits per heavy atom. The Morgan fingerprint density at radius 3 is 2.61 bits per heavy atom. The van der Waals surface area contributed by atoms with Crippen LogP contribution in [0.25, 0.3) is 16.6 Å². The molecule has 6 heteroatoms. The molecule has 0 saturated heterocycles. The minimum absolute atomic E-state index is 0.00431. The predicted molar refractivity (Wildman–Crippen MR) is 134 cm³/mol. The first-order valence-electron chi connectivity index (χ1n) is 11.9. The Hall–Kier alpha value is -2.60. The van der Waals surface area contributed by atoms with E-state index in [4.69, 9.17) is 4.98 Å². The number of nitrogens with one attached hydrogen (secondary N) is 1. The zero-order valence-corrected chi connectivity index (χ0v) is 20.3. The van der Waals surface area contributed by atoms with Gasteiger partial charge in [0.05, 0.1) is 22.3 Å². The summed E-state index contributed by atoms with van der Waals surface area (Å²) in [6.07, 6.45) is 5.26. The van der Waals surface area contributed by atoms with E-state index < -0.39 is 0 Å². The second-order valence-electron chi connectivity index (χ2n) is 9.88. The molecule has 1 N–H and O–H groups in total. The van der Waals surface area contributed by atoms with Gasteiger partial charge in [0.2, 0.25) is 5.91 Å². The van der Waals surface area contributed by atoms with Crippen molar-refractivity contribution in [1.82, 2.24) is 14.9 Å². The minimum Gasteiger partial charge on any atom is -0.353 e. The summed E-state index contributed by atoms with van der Waals surface area (Å²) >= 11 is 1.33. The zero-order valence-electron chi connectivity index (χ0n) is 19.5. The Balaban J connectivity index is 1.40. The number of carbonyl (C=O) groups is 1. The topological polar surface area (TPSA) is 64.0 Å². The highest BCUT2D eigenvalue weighted by molar-refractivity contribution is 7.99. The summed E-state index contributed by atoms with van der Waals surface area (Å²) in [5.74, 6) is 2.48. The number of nitrogens with zero attached hydrogens (tertiary/aromatic N) is 2. The van der Waals surface area contributed by atoms with Gasteiger partial charge in [0.1, 0.15) is 0 Å². The van der Waals surface area contributed by atoms with Crippen LogP contribution < -0.4 is 10.9 Å². The third-order valence-corrected chi connectivity index (χ3v) is 8.30. The smallest absolute Gasteiger partial charge is 0.266 e. The number of hydrogen-bond acceptors (Lipinski definition) is 4. The molecule has 1 heterocycles. The highest BCUT2D eigenvalue weighted by atomic mass is 32.2. The number of aryl methyl sites for hydroxylation is 2. The van der Waals surface area contributed by atoms with Crippen LogP contribution in [0.15, 0.2) is 52.4 Å². The Bertz CT molecular complexity index is 1250. The van der Waals surface area contributed by atoms with Crippen molar-refractivity contribution in [2.24, 2.45) is 17.8 Å². The highest BCUT2D eigenvalue weighted by Crippen LogP contribution is 2.49. The van der Waals surface area contributed by atoms with E-state index in [1.807, 2.05) is 50.2 Å². The van der Waals surface area contributed by atoms with Crippen molar-refractivity contribution < 1.29 is 4.79 Å². The number of amides is 1. The van der Waals surface area contributed by atoms with E-state index in [2.05, 4.69) is 18.3 Å². The molecule has 2 aliphatic rings. The Morgan fingerprint density at radius 1 is 1.15 bits per heavy atom. The van der Waals surface area contributed by atoms with Gasteiger partial charge in [-0.1, -0.05) is 36.4 Å². The summed E-state index contributed by atoms with van der Waals surface area (Å²) < 4.78 is 1.65. The molecule has 4 unspecified atom stereocenters. The van der Waals surface area contributed by atoms with Gasteiger partial charge >= 0.3 is 0 Å². The zero-order chi connectivity index (χ0) is 23.1. The van der Waals surface area contributed by atoms with Gasteiger partial charge in [-0.25, -0.2) is 4.98 Å². The summed E-state index contributed by atoms with van der Waals surface area (Å²) in [7, 11) is 0. The Labute approximate surface area is 199 Å². The SMILES string of the molecule is Cc1cc(C)cc(-n2c(SCC(=O)NC(C)C3CC4CCC3C4)nc3ccccc3c2=O)c1. The van der Waals surface area contributed by atoms with Crippen molar-refractivity contribution in [3.63, 3.8) is 0 Å². The fourth-order valence-electron chi connectivity index (χ4n) is 5.96. The predicted octanol–water partition coefficient (Wildman–Crippen LogP) is 5.04. The molecule has 2 fully saturated rings. The van der Waals surface area contributed by atoms with Crippen molar-refractivity contribution in [1.29, 1.82) is 0 Å². The molecule has 1 aromatic heterocycles. The van der Waals surface area contributed by atoms with Crippen molar-refractivity contribution in [3.05, 3.63) is 63.9 Å². The standard InChI is InChI=1S/C27H31N3O2S/c1-16-10-17(2)12-21(11-16)30-26(32)22-6-4-5-7-24(22)29-27(30)33-15-25(31)28-18(3)23-14-19-8-9-20(23)13-19/h4-7,10-12,18-20,23H,8-9,13-15H2,1-3H3,(H,28,31). The van der Waals surface area contributed by atoms with Crippen LogP contribution >= 0.6 is 11.8 Å². The molecule has 2 aliphatic carbocycles. The fraction of sp³-hybridized carbons (Fsp3) is 0.444. The van der Waals surface area contributed by atoms with Crippen LogP contribution in [-0.2, 0) is 4.79 Å². The molecule has 5 nitrogen and oxygen atoms in total. The van der Waals surface area contributed by atoms with E-state index in [9.17, 15) is 9.59 Å². The molecule has 5 rings (SSSR count). The van der Waals surface area contributed by atoms with Crippen LogP contribution in [0.4, 0.5) is 0 Å². The number of fused-ring (bicyclic) bond motifs is 3. The van der Waals surface area contributed by atoms with Crippen molar-refractivity contribution in [3.8, 4) is 5.69 Å². The molecule has 2 saturated carbocycles. The molecule has 0 radical (unpaired) electrons. The summed E-state index contributed by atoms with van der Waals surface area (Å²) in [6.45, 7) is 6.19. The molecular weight excluding hydrogens is 430 g/mol. The van der Waals surface area contributed by atoms with Crippen LogP contribution in [0.3, 0.4) is 0 Å². The van der Waals surface area contributed by atoms with E-state index >= 15 is 0 Å². The van der Waals surface area contributed by atoms with Gasteiger partial charge in [0.25, 0.3) is 5.56 Å². The van der Waals surface area contributed by atoms with Crippen molar-refractivity contribution >= 4 is 28.6 Å². The number of aromatic nitrogens is 2. The quantitative estimate of drug-likeness (QED) is 0.413. The summed E-state index contributed by atoms with van der Waals surface area (Å²) in [5.41, 5.74) is 3.50. The molecule has 1 amide bonds. The average Bonchev–Trinajstić information content (AvgIpc) is 3.41. The number of para-hydroxylation sites is 1. The number of benzene rings is 2. The average molecular weight is 462 g/mol. The number of rotatable bonds is 6. The van der Waals surface area contributed by atoms with Gasteiger partial charge in [-0.15, -0.1) is 0 Å². The number of thioether (sulfide) groups is 1. The lowest BCUT2D eigenvalue weighted by atomic mass is 9.84. The number of hydrogen-bond donors (Lipinski definition) is 1. The van der Waals surface area contributed by atoms with Crippen molar-refractivity contribution in [2.75, 3.05) is 5.75 Å². The van der Waals surface area contributed by atoms with E-state index in [0.29, 0.717) is 22.0 Å². The van der Waals surface area contributed by atoms with Gasteiger partial charge < -0.3 is 5.32 Å². The number of carbonyl (C=O) groups excluding carboxylic acids is 1. The molecule has 3 aromatic rings. The van der Waals surface area contributed by atoms with E-state index in [-0.39, 0.29) is 23.3 Å². The van der Waals surface area contributed by atoms with E-state index in [1.165, 1.54) is 37.4 Å². The molecule has 2 bridgehead atoms. The van der Waals surface area contributed by atoms with Gasteiger partial charge in [-0.05, 0) is 93.2 Å². The molecule has 2 aromatic carbocycles. The monoisotopic (exact) mass is 461 g/mol. The second kappa shape index (κ2) is 8.98. The Kier molecular flexibility index (Phi) is 6.04. The summed E-state index contributed by atoms with van der Waals surface area (Å²) in [6, 6.07) is 13.7. The van der Waals surface area contributed by atoms with Crippen LogP contribution in [-0.4, -0.2) is 27.3 Å². The normalized spacial score (nSPS) is 22.6. The molecule has 172 valence electrons. The largest absolute Gasteiger partial charge is 0.353 e. The van der Waals surface area contributed by atoms with Crippen LogP contribution in [0.2, 0.25) is 0 Å². The minimum atomic E-state index is -0.108. The first-order chi connectivity index (χ1) is 15.9. The molecule has 0 spiro atoms. The summed E-state index contributed by atoms with van der Waals surface area (Å²) in [4.78, 5) is 31.1. The van der Waals surface area contributed by atoms with Gasteiger partial charge in [0, 0.05) is 6.04 Å². The third-order valence-electron chi connectivity index (χ3n) is 7.37. The summed E-state index contributed by atoms with van der Waals surface area (Å²) in [5, 5.41) is 4.36. The second-order valence-corrected chi connectivity index (χ2v) is 10.8. The lowest BCUT2D eigenvalue weighted by Gasteiger charge is -2.28. The van der Waals surface area contributed by atoms with E-state index in [1.54, 1.807) is 4.57 Å². The fourth-order valence-corrected chi connectivity index (χ4v) is 6.78. The molecule has 0 aliphatic heterocycles. The third kappa shape index (κ3) is 4.45. The lowest BCUT2D eigenvalue weighted by molar-refractivity contribution is -0.119. The van der Waals surface area contributed by atoms with Crippen LogP contribution in [0.5, 0.6) is 0 Å². The lowest BCUT2D eigenvalue weighted by Crippen LogP contribution is -2.41. The highest BCUT2D eigenvalue weighted by Gasteiger charge is 2.42. The first kappa shape index (κ1) is 22.2. The van der Waals surface area contributed by atoms with E-state index in [0.717, 1.165) is 28.7 Å². The van der Waals surface area contributed by atoms with Crippen LogP contribution in [0, 0.1) is 31.6 Å². The maximum atomic E-state index is 13.5.